The Hall–Kier alpha value is -1.71. The smallest absolute Gasteiger partial charge is 0.269 e. The van der Waals surface area contributed by atoms with E-state index in [9.17, 15) is 13.2 Å². The van der Waals surface area contributed by atoms with E-state index in [2.05, 4.69) is 30.0 Å². The summed E-state index contributed by atoms with van der Waals surface area (Å²) < 4.78 is 27.0. The molecule has 1 saturated heterocycles. The van der Waals surface area contributed by atoms with Gasteiger partial charge in [-0.25, -0.2) is 8.42 Å². The van der Waals surface area contributed by atoms with Crippen LogP contribution in [0, 0.1) is 5.92 Å². The van der Waals surface area contributed by atoms with Gasteiger partial charge in [-0.1, -0.05) is 26.3 Å². The summed E-state index contributed by atoms with van der Waals surface area (Å²) in [6.07, 6.45) is 3.74. The summed E-state index contributed by atoms with van der Waals surface area (Å²) in [4.78, 5) is 12.5. The van der Waals surface area contributed by atoms with Gasteiger partial charge in [0.2, 0.25) is 10.0 Å². The van der Waals surface area contributed by atoms with Gasteiger partial charge in [-0.05, 0) is 55.6 Å². The molecule has 0 aliphatic carbocycles. The molecule has 150 valence electrons. The van der Waals surface area contributed by atoms with E-state index < -0.39 is 15.9 Å². The average Bonchev–Trinajstić information content (AvgIpc) is 2.66. The number of hydrogen-bond acceptors (Lipinski definition) is 4. The molecule has 0 bridgehead atoms. The molecular weight excluding hydrogens is 384 g/mol. The molecule has 9 heteroatoms. The molecule has 3 N–H and O–H groups in total. The fraction of sp³-hybridized carbons (Fsp3) is 0.556. The van der Waals surface area contributed by atoms with E-state index in [1.807, 2.05) is 0 Å². The number of piperidine rings is 1. The van der Waals surface area contributed by atoms with Crippen molar-refractivity contribution >= 4 is 33.3 Å². The average molecular weight is 413 g/mol. The molecule has 1 aliphatic heterocycles. The number of hydrazine groups is 1. The Bertz CT molecular complexity index is 760. The Morgan fingerprint density at radius 1 is 1.19 bits per heavy atom. The maximum atomic E-state index is 12.7. The Labute approximate surface area is 166 Å². The molecule has 1 heterocycles. The zero-order valence-electron chi connectivity index (χ0n) is 15.8. The van der Waals surface area contributed by atoms with Crippen molar-refractivity contribution in [1.82, 2.24) is 20.5 Å². The van der Waals surface area contributed by atoms with Crippen molar-refractivity contribution < 1.29 is 13.2 Å². The number of carbonyl (C=O) groups excluding carboxylic acids is 1. The number of carbonyl (C=O) groups is 1. The number of nitrogens with one attached hydrogen (secondary N) is 3. The maximum absolute atomic E-state index is 12.7. The van der Waals surface area contributed by atoms with Gasteiger partial charge in [-0.15, -0.1) is 0 Å². The number of rotatable bonds is 6. The predicted molar refractivity (Wildman–Crippen MR) is 110 cm³/mol. The molecule has 0 radical (unpaired) electrons. The third-order valence-corrected chi connectivity index (χ3v) is 6.49. The van der Waals surface area contributed by atoms with Gasteiger partial charge in [0, 0.05) is 25.2 Å². The summed E-state index contributed by atoms with van der Waals surface area (Å²) >= 11 is 5.11. The highest BCUT2D eigenvalue weighted by Crippen LogP contribution is 2.21. The van der Waals surface area contributed by atoms with Crippen molar-refractivity contribution in [2.75, 3.05) is 19.6 Å². The Morgan fingerprint density at radius 3 is 2.56 bits per heavy atom. The summed E-state index contributed by atoms with van der Waals surface area (Å²) in [5.41, 5.74) is 5.39. The lowest BCUT2D eigenvalue weighted by atomic mass is 10.1. The van der Waals surface area contributed by atoms with Crippen molar-refractivity contribution in [2.45, 2.75) is 44.4 Å². The van der Waals surface area contributed by atoms with Crippen molar-refractivity contribution in [2.24, 2.45) is 5.92 Å². The predicted octanol–water partition coefficient (Wildman–Crippen LogP) is 2.02. The van der Waals surface area contributed by atoms with Crippen LogP contribution in [0.4, 0.5) is 0 Å². The van der Waals surface area contributed by atoms with Crippen LogP contribution in [0.2, 0.25) is 0 Å². The van der Waals surface area contributed by atoms with E-state index >= 15 is 0 Å². The van der Waals surface area contributed by atoms with E-state index in [1.165, 1.54) is 16.4 Å². The van der Waals surface area contributed by atoms with Gasteiger partial charge in [-0.3, -0.25) is 15.6 Å². The highest BCUT2D eigenvalue weighted by Gasteiger charge is 2.26. The molecule has 2 rings (SSSR count). The topological polar surface area (TPSA) is 90.5 Å². The van der Waals surface area contributed by atoms with Crippen LogP contribution in [0.5, 0.6) is 0 Å². The molecule has 0 atom stereocenters. The van der Waals surface area contributed by atoms with Gasteiger partial charge in [-0.2, -0.15) is 4.31 Å². The summed E-state index contributed by atoms with van der Waals surface area (Å²) in [5, 5.41) is 3.32. The largest absolute Gasteiger partial charge is 0.361 e. The van der Waals surface area contributed by atoms with E-state index in [-0.39, 0.29) is 10.5 Å². The lowest BCUT2D eigenvalue weighted by molar-refractivity contribution is 0.0943. The number of hydrogen-bond donors (Lipinski definition) is 3. The van der Waals surface area contributed by atoms with Crippen LogP contribution in [0.3, 0.4) is 0 Å². The summed E-state index contributed by atoms with van der Waals surface area (Å²) in [7, 11) is -3.57. The van der Waals surface area contributed by atoms with Crippen LogP contribution >= 0.6 is 12.2 Å². The second-order valence-corrected chi connectivity index (χ2v) is 9.36. The first-order chi connectivity index (χ1) is 12.8. The minimum atomic E-state index is -3.57. The molecule has 1 aliphatic rings. The molecule has 0 aromatic heterocycles. The second-order valence-electron chi connectivity index (χ2n) is 7.01. The lowest BCUT2D eigenvalue weighted by Crippen LogP contribution is -2.47. The van der Waals surface area contributed by atoms with Crippen LogP contribution in [0.25, 0.3) is 0 Å². The Morgan fingerprint density at radius 2 is 1.89 bits per heavy atom. The first-order valence-electron chi connectivity index (χ1n) is 9.25. The van der Waals surface area contributed by atoms with Crippen LogP contribution in [0.15, 0.2) is 29.2 Å². The van der Waals surface area contributed by atoms with E-state index in [0.717, 1.165) is 25.7 Å². The van der Waals surface area contributed by atoms with Crippen molar-refractivity contribution in [3.05, 3.63) is 29.8 Å². The molecule has 0 saturated carbocycles. The highest BCUT2D eigenvalue weighted by molar-refractivity contribution is 7.89. The quantitative estimate of drug-likeness (QED) is 0.489. The molecule has 0 spiro atoms. The molecule has 1 amide bonds. The van der Waals surface area contributed by atoms with E-state index in [0.29, 0.717) is 30.7 Å². The van der Waals surface area contributed by atoms with Gasteiger partial charge in [0.1, 0.15) is 0 Å². The molecule has 1 aromatic rings. The minimum absolute atomic E-state index is 0.134. The number of benzene rings is 1. The number of sulfonamides is 1. The fourth-order valence-corrected chi connectivity index (χ4v) is 4.47. The monoisotopic (exact) mass is 412 g/mol. The van der Waals surface area contributed by atoms with Gasteiger partial charge in [0.25, 0.3) is 5.91 Å². The summed E-state index contributed by atoms with van der Waals surface area (Å²) in [6, 6.07) is 6.06. The maximum Gasteiger partial charge on any atom is 0.269 e. The molecule has 1 fully saturated rings. The van der Waals surface area contributed by atoms with Gasteiger partial charge < -0.3 is 5.32 Å². The number of nitrogens with zero attached hydrogens (tertiary/aromatic N) is 1. The lowest BCUT2D eigenvalue weighted by Gasteiger charge is -2.26. The van der Waals surface area contributed by atoms with Crippen LogP contribution in [-0.4, -0.2) is 43.4 Å². The van der Waals surface area contributed by atoms with Crippen LogP contribution < -0.4 is 16.2 Å². The van der Waals surface area contributed by atoms with E-state index in [1.54, 1.807) is 12.1 Å². The third-order valence-electron chi connectivity index (χ3n) is 4.35. The Kier molecular flexibility index (Phi) is 8.00. The zero-order valence-corrected chi connectivity index (χ0v) is 17.5. The van der Waals surface area contributed by atoms with Crippen molar-refractivity contribution in [3.8, 4) is 0 Å². The normalized spacial score (nSPS) is 15.4. The van der Waals surface area contributed by atoms with Crippen molar-refractivity contribution in [3.63, 3.8) is 0 Å². The second kappa shape index (κ2) is 10.0. The zero-order chi connectivity index (χ0) is 19.9. The number of thiocarbonyl (C=S) groups is 1. The fourth-order valence-electron chi connectivity index (χ4n) is 2.76. The molecule has 1 aromatic carbocycles. The van der Waals surface area contributed by atoms with E-state index in [4.69, 9.17) is 12.2 Å². The SMILES string of the molecule is CC(C)CCNC(=S)NNC(=O)c1cccc(S(=O)(=O)N2CCCCC2)c1. The van der Waals surface area contributed by atoms with Crippen LogP contribution in [-0.2, 0) is 10.0 Å². The number of amides is 1. The van der Waals surface area contributed by atoms with Gasteiger partial charge in [0.05, 0.1) is 4.90 Å². The first kappa shape index (κ1) is 21.6. The molecular formula is C18H28N4O3S2. The molecule has 7 nitrogen and oxygen atoms in total. The van der Waals surface area contributed by atoms with Crippen LogP contribution in [0.1, 0.15) is 49.9 Å². The summed E-state index contributed by atoms with van der Waals surface area (Å²) in [6.45, 7) is 5.99. The highest BCUT2D eigenvalue weighted by atomic mass is 32.2. The Balaban J connectivity index is 1.95. The standard InChI is InChI=1S/C18H28N4O3S2/c1-14(2)9-10-19-18(26)21-20-17(23)15-7-6-8-16(13-15)27(24,25)22-11-4-3-5-12-22/h6-8,13-14H,3-5,9-12H2,1-2H3,(H,20,23)(H2,19,21,26). The summed E-state index contributed by atoms with van der Waals surface area (Å²) in [5.74, 6) is 0.109. The molecule has 27 heavy (non-hydrogen) atoms. The van der Waals surface area contributed by atoms with Crippen molar-refractivity contribution in [1.29, 1.82) is 0 Å². The van der Waals surface area contributed by atoms with Gasteiger partial charge in [0.15, 0.2) is 5.11 Å². The molecule has 0 unspecified atom stereocenters. The first-order valence-corrected chi connectivity index (χ1v) is 11.1. The van der Waals surface area contributed by atoms with Gasteiger partial charge >= 0.3 is 0 Å². The third kappa shape index (κ3) is 6.44. The minimum Gasteiger partial charge on any atom is -0.361 e.